The molecule has 0 amide bonds. The molecule has 0 spiro atoms. The summed E-state index contributed by atoms with van der Waals surface area (Å²) in [6, 6.07) is 58.7. The molecule has 0 fully saturated rings. The molecule has 1 aliphatic rings. The molecule has 0 saturated heterocycles. The Bertz CT molecular complexity index is 3320. The van der Waals surface area contributed by atoms with Crippen molar-refractivity contribution < 1.29 is 4.42 Å². The summed E-state index contributed by atoms with van der Waals surface area (Å²) in [5, 5.41) is 12.6. The summed E-state index contributed by atoms with van der Waals surface area (Å²) < 4.78 is 9.22. The van der Waals surface area contributed by atoms with E-state index >= 15 is 0 Å². The Balaban J connectivity index is 1.24. The fraction of sp³-hybridized carbons (Fsp3) is 0.0588. The van der Waals surface area contributed by atoms with E-state index < -0.39 is 0 Å². The Kier molecular flexibility index (Phi) is 5.78. The van der Waals surface area contributed by atoms with E-state index in [1.807, 2.05) is 11.3 Å². The topological polar surface area (TPSA) is 13.1 Å². The molecule has 248 valence electrons. The van der Waals surface area contributed by atoms with Crippen LogP contribution in [0.25, 0.3) is 108 Å². The summed E-state index contributed by atoms with van der Waals surface area (Å²) in [7, 11) is 0. The van der Waals surface area contributed by atoms with Crippen molar-refractivity contribution in [2.45, 2.75) is 19.3 Å². The molecule has 0 unspecified atom stereocenters. The Hall–Kier alpha value is -6.22. The maximum Gasteiger partial charge on any atom is 0.136 e. The van der Waals surface area contributed by atoms with Gasteiger partial charge in [-0.1, -0.05) is 135 Å². The first-order chi connectivity index (χ1) is 26.0. The van der Waals surface area contributed by atoms with E-state index in [1.165, 1.54) is 97.0 Å². The van der Waals surface area contributed by atoms with Crippen LogP contribution in [0.2, 0.25) is 0 Å². The molecular formula is C51H32OS. The fourth-order valence-corrected chi connectivity index (χ4v) is 10.9. The molecule has 11 aromatic rings. The molecule has 1 aliphatic carbocycles. The molecule has 0 bridgehead atoms. The van der Waals surface area contributed by atoms with E-state index in [-0.39, 0.29) is 5.41 Å². The molecule has 0 aliphatic heterocycles. The van der Waals surface area contributed by atoms with E-state index in [9.17, 15) is 0 Å². The first-order valence-corrected chi connectivity index (χ1v) is 19.2. The minimum Gasteiger partial charge on any atom is -0.456 e. The van der Waals surface area contributed by atoms with E-state index in [1.54, 1.807) is 0 Å². The number of hydrogen-bond acceptors (Lipinski definition) is 2. The second kappa shape index (κ2) is 10.4. The van der Waals surface area contributed by atoms with Crippen molar-refractivity contribution in [3.05, 3.63) is 169 Å². The fourth-order valence-electron chi connectivity index (χ4n) is 9.74. The van der Waals surface area contributed by atoms with Crippen LogP contribution in [-0.2, 0) is 5.41 Å². The van der Waals surface area contributed by atoms with Gasteiger partial charge in [-0.2, -0.15) is 0 Å². The second-order valence-corrected chi connectivity index (χ2v) is 16.2. The van der Waals surface area contributed by atoms with Crippen molar-refractivity contribution in [2.75, 3.05) is 0 Å². The molecule has 0 radical (unpaired) electrons. The van der Waals surface area contributed by atoms with Crippen molar-refractivity contribution in [3.63, 3.8) is 0 Å². The highest BCUT2D eigenvalue weighted by Crippen LogP contribution is 2.55. The zero-order valence-corrected chi connectivity index (χ0v) is 30.1. The third-order valence-corrected chi connectivity index (χ3v) is 13.2. The molecule has 12 rings (SSSR count). The Morgan fingerprint density at radius 1 is 0.396 bits per heavy atom. The van der Waals surface area contributed by atoms with Gasteiger partial charge >= 0.3 is 0 Å². The van der Waals surface area contributed by atoms with E-state index in [2.05, 4.69) is 172 Å². The van der Waals surface area contributed by atoms with Gasteiger partial charge in [-0.3, -0.25) is 0 Å². The van der Waals surface area contributed by atoms with Gasteiger partial charge in [0.25, 0.3) is 0 Å². The highest BCUT2D eigenvalue weighted by Gasteiger charge is 2.38. The maximum atomic E-state index is 6.57. The summed E-state index contributed by atoms with van der Waals surface area (Å²) >= 11 is 1.88. The molecule has 2 heteroatoms. The standard InChI is InChI=1S/C51H32OS/c1-51(2)43-20-10-7-13-30(43)41-27-40(38-26-39-31-14-8-11-21-44(31)52-45(39)28-42(38)50(41)51)49-36-18-5-3-16-34(36)48(35-17-4-6-19-37(35)49)29-23-24-33-32-15-9-12-22-46(32)53-47(33)25-29/h3-28H,1-2H3. The van der Waals surface area contributed by atoms with Gasteiger partial charge in [0.05, 0.1) is 0 Å². The average molecular weight is 693 g/mol. The van der Waals surface area contributed by atoms with Gasteiger partial charge in [-0.25, -0.2) is 0 Å². The van der Waals surface area contributed by atoms with Gasteiger partial charge in [-0.05, 0) is 113 Å². The zero-order valence-electron chi connectivity index (χ0n) is 29.3. The van der Waals surface area contributed by atoms with Crippen LogP contribution in [0.4, 0.5) is 0 Å². The summed E-state index contributed by atoms with van der Waals surface area (Å²) in [6.45, 7) is 4.76. The third-order valence-electron chi connectivity index (χ3n) is 12.0. The SMILES string of the molecule is CC1(C)c2ccccc2-c2cc(-c3c4ccccc4c(-c4ccc5c(c4)sc4ccccc45)c4ccccc34)c3cc4c(cc3c21)oc1ccccc14. The minimum absolute atomic E-state index is 0.165. The molecule has 53 heavy (non-hydrogen) atoms. The van der Waals surface area contributed by atoms with Crippen molar-refractivity contribution in [1.82, 2.24) is 0 Å². The van der Waals surface area contributed by atoms with Gasteiger partial charge < -0.3 is 4.42 Å². The van der Waals surface area contributed by atoms with Gasteiger partial charge in [0.1, 0.15) is 11.2 Å². The molecule has 0 N–H and O–H groups in total. The van der Waals surface area contributed by atoms with Crippen LogP contribution in [0.5, 0.6) is 0 Å². The molecule has 2 heterocycles. The smallest absolute Gasteiger partial charge is 0.136 e. The van der Waals surface area contributed by atoms with Crippen molar-refractivity contribution >= 4 is 85.8 Å². The largest absolute Gasteiger partial charge is 0.456 e. The first kappa shape index (κ1) is 29.4. The van der Waals surface area contributed by atoms with Crippen LogP contribution in [0.3, 0.4) is 0 Å². The Labute approximate surface area is 310 Å². The minimum atomic E-state index is -0.165. The van der Waals surface area contributed by atoms with E-state index in [4.69, 9.17) is 4.42 Å². The number of hydrogen-bond donors (Lipinski definition) is 0. The highest BCUT2D eigenvalue weighted by atomic mass is 32.1. The summed E-state index contributed by atoms with van der Waals surface area (Å²) in [5.74, 6) is 0. The van der Waals surface area contributed by atoms with E-state index in [0.717, 1.165) is 21.9 Å². The molecular weight excluding hydrogens is 661 g/mol. The number of para-hydroxylation sites is 1. The van der Waals surface area contributed by atoms with Gasteiger partial charge in [0.15, 0.2) is 0 Å². The summed E-state index contributed by atoms with van der Waals surface area (Å²) in [5.41, 5.74) is 12.2. The molecule has 2 aromatic heterocycles. The van der Waals surface area contributed by atoms with Crippen LogP contribution in [0.1, 0.15) is 25.0 Å². The number of thiophene rings is 1. The van der Waals surface area contributed by atoms with Gasteiger partial charge in [0.2, 0.25) is 0 Å². The Morgan fingerprint density at radius 3 is 1.79 bits per heavy atom. The lowest BCUT2D eigenvalue weighted by Crippen LogP contribution is -2.15. The first-order valence-electron chi connectivity index (χ1n) is 18.4. The molecule has 0 saturated carbocycles. The molecule has 9 aromatic carbocycles. The van der Waals surface area contributed by atoms with Crippen LogP contribution in [0, 0.1) is 0 Å². The summed E-state index contributed by atoms with van der Waals surface area (Å²) in [4.78, 5) is 0. The molecule has 0 atom stereocenters. The van der Waals surface area contributed by atoms with E-state index in [0.29, 0.717) is 0 Å². The quantitative estimate of drug-likeness (QED) is 0.164. The van der Waals surface area contributed by atoms with Crippen LogP contribution < -0.4 is 0 Å². The normalized spacial score (nSPS) is 13.6. The summed E-state index contributed by atoms with van der Waals surface area (Å²) in [6.07, 6.45) is 0. The van der Waals surface area contributed by atoms with Crippen LogP contribution in [0.15, 0.2) is 162 Å². The zero-order chi connectivity index (χ0) is 35.0. The predicted octanol–water partition coefficient (Wildman–Crippen LogP) is 15.1. The lowest BCUT2D eigenvalue weighted by molar-refractivity contribution is 0.663. The molecule has 1 nitrogen and oxygen atoms in total. The number of fused-ring (bicyclic) bond motifs is 13. The van der Waals surface area contributed by atoms with Gasteiger partial charge in [-0.15, -0.1) is 11.3 Å². The van der Waals surface area contributed by atoms with Crippen LogP contribution >= 0.6 is 11.3 Å². The Morgan fingerprint density at radius 2 is 1.02 bits per heavy atom. The number of furan rings is 1. The van der Waals surface area contributed by atoms with Crippen molar-refractivity contribution in [3.8, 4) is 33.4 Å². The number of rotatable bonds is 2. The predicted molar refractivity (Wildman–Crippen MR) is 228 cm³/mol. The second-order valence-electron chi connectivity index (χ2n) is 15.2. The maximum absolute atomic E-state index is 6.57. The highest BCUT2D eigenvalue weighted by molar-refractivity contribution is 7.25. The lowest BCUT2D eigenvalue weighted by Gasteiger charge is -2.25. The lowest BCUT2D eigenvalue weighted by atomic mass is 9.78. The van der Waals surface area contributed by atoms with Gasteiger partial charge in [0, 0.05) is 36.4 Å². The van der Waals surface area contributed by atoms with Crippen molar-refractivity contribution in [2.24, 2.45) is 0 Å². The number of benzene rings is 9. The van der Waals surface area contributed by atoms with Crippen LogP contribution in [-0.4, -0.2) is 0 Å². The monoisotopic (exact) mass is 692 g/mol. The third kappa shape index (κ3) is 3.91. The van der Waals surface area contributed by atoms with Crippen molar-refractivity contribution in [1.29, 1.82) is 0 Å². The average Bonchev–Trinajstić information content (AvgIpc) is 3.82.